The molecule has 7 heteroatoms. The first-order valence-corrected chi connectivity index (χ1v) is 9.63. The Hall–Kier alpha value is -1.38. The fourth-order valence-corrected chi connectivity index (χ4v) is 3.74. The van der Waals surface area contributed by atoms with Crippen LogP contribution >= 0.6 is 24.0 Å². The van der Waals surface area contributed by atoms with Gasteiger partial charge in [0.05, 0.1) is 0 Å². The second-order valence-corrected chi connectivity index (χ2v) is 7.22. The van der Waals surface area contributed by atoms with Crippen molar-refractivity contribution in [2.75, 3.05) is 26.7 Å². The Morgan fingerprint density at radius 3 is 2.63 bits per heavy atom. The number of piperidine rings is 1. The van der Waals surface area contributed by atoms with Gasteiger partial charge in [0.1, 0.15) is 5.82 Å². The van der Waals surface area contributed by atoms with Crippen molar-refractivity contribution in [3.05, 3.63) is 35.6 Å². The van der Waals surface area contributed by atoms with Crippen molar-refractivity contribution in [3.63, 3.8) is 0 Å². The maximum atomic E-state index is 14.0. The largest absolute Gasteiger partial charge is 0.359 e. The van der Waals surface area contributed by atoms with E-state index in [1.165, 1.54) is 6.07 Å². The van der Waals surface area contributed by atoms with Gasteiger partial charge in [0.15, 0.2) is 5.96 Å². The summed E-state index contributed by atoms with van der Waals surface area (Å²) in [7, 11) is 1.69. The van der Waals surface area contributed by atoms with Gasteiger partial charge in [0.25, 0.3) is 0 Å². The lowest BCUT2D eigenvalue weighted by atomic mass is 9.93. The van der Waals surface area contributed by atoms with Gasteiger partial charge in [-0.3, -0.25) is 9.79 Å². The van der Waals surface area contributed by atoms with Crippen molar-refractivity contribution < 1.29 is 9.18 Å². The van der Waals surface area contributed by atoms with Gasteiger partial charge in [-0.05, 0) is 43.7 Å². The third-order valence-corrected chi connectivity index (χ3v) is 5.38. The average molecular weight is 488 g/mol. The summed E-state index contributed by atoms with van der Waals surface area (Å²) in [5, 5.41) is 6.24. The van der Waals surface area contributed by atoms with Crippen molar-refractivity contribution in [2.45, 2.75) is 44.6 Å². The summed E-state index contributed by atoms with van der Waals surface area (Å²) in [6.07, 6.45) is 3.55. The number of amides is 1. The van der Waals surface area contributed by atoms with Crippen LogP contribution < -0.4 is 10.6 Å². The third-order valence-electron chi connectivity index (χ3n) is 5.38. The lowest BCUT2D eigenvalue weighted by molar-refractivity contribution is -0.121. The summed E-state index contributed by atoms with van der Waals surface area (Å²) < 4.78 is 14.0. The van der Waals surface area contributed by atoms with E-state index in [0.717, 1.165) is 50.4 Å². The quantitative estimate of drug-likeness (QED) is 0.381. The van der Waals surface area contributed by atoms with Gasteiger partial charge in [-0.15, -0.1) is 24.0 Å². The normalized spacial score (nSPS) is 22.8. The number of hydrogen-bond donors (Lipinski definition) is 2. The Morgan fingerprint density at radius 1 is 1.30 bits per heavy atom. The molecule has 0 aromatic heterocycles. The molecule has 0 bridgehead atoms. The molecule has 2 fully saturated rings. The van der Waals surface area contributed by atoms with E-state index in [1.54, 1.807) is 13.1 Å². The number of aliphatic imine (C=N–C) groups is 1. The van der Waals surface area contributed by atoms with E-state index in [4.69, 9.17) is 0 Å². The summed E-state index contributed by atoms with van der Waals surface area (Å²) >= 11 is 0. The zero-order chi connectivity index (χ0) is 18.5. The van der Waals surface area contributed by atoms with Crippen molar-refractivity contribution in [1.82, 2.24) is 15.5 Å². The van der Waals surface area contributed by atoms with Crippen LogP contribution in [0, 0.1) is 11.7 Å². The second kappa shape index (κ2) is 10.2. The van der Waals surface area contributed by atoms with Crippen molar-refractivity contribution in [3.8, 4) is 0 Å². The molecular formula is C20H30FIN4O. The smallest absolute Gasteiger partial charge is 0.220 e. The van der Waals surface area contributed by atoms with Crippen LogP contribution in [-0.4, -0.2) is 49.5 Å². The molecule has 1 saturated heterocycles. The first-order valence-electron chi connectivity index (χ1n) is 9.63. The number of carbonyl (C=O) groups excluding carboxylic acids is 1. The van der Waals surface area contributed by atoms with Crippen molar-refractivity contribution >= 4 is 35.8 Å². The molecule has 3 rings (SSSR count). The third kappa shape index (κ3) is 5.80. The Balaban J connectivity index is 0.00000261. The van der Waals surface area contributed by atoms with E-state index < -0.39 is 0 Å². The molecule has 1 aromatic carbocycles. The molecule has 1 aliphatic heterocycles. The first kappa shape index (κ1) is 21.9. The number of halogens is 2. The SMILES string of the molecule is CCN=C(NC1CC1c1ccccc1F)N1CCC(CC(=O)NC)CC1.I. The maximum absolute atomic E-state index is 14.0. The van der Waals surface area contributed by atoms with E-state index in [-0.39, 0.29) is 47.7 Å². The number of guanidine groups is 1. The number of nitrogens with zero attached hydrogens (tertiary/aromatic N) is 2. The Labute approximate surface area is 178 Å². The summed E-state index contributed by atoms with van der Waals surface area (Å²) in [5.74, 6) is 1.60. The number of hydrogen-bond acceptors (Lipinski definition) is 2. The molecule has 2 N–H and O–H groups in total. The predicted molar refractivity (Wildman–Crippen MR) is 117 cm³/mol. The lowest BCUT2D eigenvalue weighted by Gasteiger charge is -2.34. The van der Waals surface area contributed by atoms with Crippen molar-refractivity contribution in [1.29, 1.82) is 0 Å². The second-order valence-electron chi connectivity index (χ2n) is 7.22. The Morgan fingerprint density at radius 2 is 2.00 bits per heavy atom. The molecule has 2 atom stereocenters. The minimum atomic E-state index is -0.120. The monoisotopic (exact) mass is 488 g/mol. The Kier molecular flexibility index (Phi) is 8.31. The molecule has 5 nitrogen and oxygen atoms in total. The summed E-state index contributed by atoms with van der Waals surface area (Å²) in [4.78, 5) is 18.5. The van der Waals surface area contributed by atoms with Gasteiger partial charge in [-0.2, -0.15) is 0 Å². The first-order chi connectivity index (χ1) is 12.6. The topological polar surface area (TPSA) is 56.7 Å². The van der Waals surface area contributed by atoms with Crippen LogP contribution in [0.4, 0.5) is 4.39 Å². The standard InChI is InChI=1S/C20H29FN4O.HI/c1-3-23-20(25-10-8-14(9-11-25)12-19(26)22-2)24-18-13-16(18)15-6-4-5-7-17(15)21;/h4-7,14,16,18H,3,8-13H2,1-2H3,(H,22,26)(H,23,24);1H. The van der Waals surface area contributed by atoms with Crippen LogP contribution in [0.15, 0.2) is 29.3 Å². The minimum absolute atomic E-state index is 0. The average Bonchev–Trinajstić information content (AvgIpc) is 3.41. The Bertz CT molecular complexity index is 661. The number of nitrogens with one attached hydrogen (secondary N) is 2. The van der Waals surface area contributed by atoms with Crippen LogP contribution in [0.3, 0.4) is 0 Å². The van der Waals surface area contributed by atoms with E-state index in [2.05, 4.69) is 20.5 Å². The minimum Gasteiger partial charge on any atom is -0.359 e. The number of benzene rings is 1. The summed E-state index contributed by atoms with van der Waals surface area (Å²) in [6.45, 7) is 4.56. The number of likely N-dealkylation sites (tertiary alicyclic amines) is 1. The van der Waals surface area contributed by atoms with Gasteiger partial charge in [0.2, 0.25) is 5.91 Å². The number of carbonyl (C=O) groups is 1. The molecule has 150 valence electrons. The van der Waals surface area contributed by atoms with Gasteiger partial charge >= 0.3 is 0 Å². The molecule has 0 spiro atoms. The summed E-state index contributed by atoms with van der Waals surface area (Å²) in [6, 6.07) is 7.29. The van der Waals surface area contributed by atoms with E-state index in [9.17, 15) is 9.18 Å². The molecule has 1 saturated carbocycles. The zero-order valence-corrected chi connectivity index (χ0v) is 18.4. The molecular weight excluding hydrogens is 458 g/mol. The molecule has 1 aliphatic carbocycles. The van der Waals surface area contributed by atoms with Gasteiger partial charge in [-0.25, -0.2) is 4.39 Å². The summed E-state index contributed by atoms with van der Waals surface area (Å²) in [5.41, 5.74) is 0.796. The zero-order valence-electron chi connectivity index (χ0n) is 16.1. The van der Waals surface area contributed by atoms with Crippen LogP contribution in [0.1, 0.15) is 44.1 Å². The van der Waals surface area contributed by atoms with E-state index in [1.807, 2.05) is 19.1 Å². The fourth-order valence-electron chi connectivity index (χ4n) is 3.74. The van der Waals surface area contributed by atoms with E-state index in [0.29, 0.717) is 12.3 Å². The molecule has 2 aliphatic rings. The van der Waals surface area contributed by atoms with Crippen LogP contribution in [0.2, 0.25) is 0 Å². The molecule has 0 radical (unpaired) electrons. The molecule has 1 aromatic rings. The maximum Gasteiger partial charge on any atom is 0.220 e. The van der Waals surface area contributed by atoms with Crippen LogP contribution in [0.25, 0.3) is 0 Å². The van der Waals surface area contributed by atoms with Gasteiger partial charge < -0.3 is 15.5 Å². The van der Waals surface area contributed by atoms with Crippen molar-refractivity contribution in [2.24, 2.45) is 10.9 Å². The number of rotatable bonds is 5. The molecule has 1 heterocycles. The molecule has 2 unspecified atom stereocenters. The van der Waals surface area contributed by atoms with Crippen LogP contribution in [-0.2, 0) is 4.79 Å². The van der Waals surface area contributed by atoms with Gasteiger partial charge in [-0.1, -0.05) is 18.2 Å². The molecule has 27 heavy (non-hydrogen) atoms. The highest BCUT2D eigenvalue weighted by molar-refractivity contribution is 14.0. The lowest BCUT2D eigenvalue weighted by Crippen LogP contribution is -2.47. The highest BCUT2D eigenvalue weighted by atomic mass is 127. The highest BCUT2D eigenvalue weighted by Crippen LogP contribution is 2.42. The van der Waals surface area contributed by atoms with Gasteiger partial charge in [0, 0.05) is 45.1 Å². The predicted octanol–water partition coefficient (Wildman–Crippen LogP) is 3.11. The highest BCUT2D eigenvalue weighted by Gasteiger charge is 2.41. The fraction of sp³-hybridized carbons (Fsp3) is 0.600. The van der Waals surface area contributed by atoms with Crippen LogP contribution in [0.5, 0.6) is 0 Å². The molecule has 1 amide bonds. The van der Waals surface area contributed by atoms with E-state index >= 15 is 0 Å².